The summed E-state index contributed by atoms with van der Waals surface area (Å²) in [6.45, 7) is 8.16. The van der Waals surface area contributed by atoms with E-state index >= 15 is 0 Å². The molecule has 2 heterocycles. The minimum Gasteiger partial charge on any atom is -0.354 e. The van der Waals surface area contributed by atoms with Crippen LogP contribution in [0.25, 0.3) is 44.3 Å². The van der Waals surface area contributed by atoms with Gasteiger partial charge in [-0.25, -0.2) is 0 Å². The molecular weight excluding hydrogens is 396 g/mol. The average Bonchev–Trinajstić information content (AvgIpc) is 2.73. The van der Waals surface area contributed by atoms with Crippen LogP contribution in [0, 0.1) is 27.7 Å². The molecule has 32 heavy (non-hydrogen) atoms. The Hall–Kier alpha value is -3.92. The van der Waals surface area contributed by atoms with Crippen LogP contribution in [0.3, 0.4) is 0 Å². The molecule has 0 unspecified atom stereocenters. The first-order valence-corrected chi connectivity index (χ1v) is 10.7. The van der Waals surface area contributed by atoms with E-state index in [-0.39, 0.29) is 10.9 Å². The molecule has 5 aromatic rings. The third-order valence-electron chi connectivity index (χ3n) is 6.12. The lowest BCUT2D eigenvalue weighted by Gasteiger charge is -2.11. The van der Waals surface area contributed by atoms with Gasteiger partial charge in [0, 0.05) is 45.4 Å². The zero-order valence-electron chi connectivity index (χ0n) is 18.6. The van der Waals surface area contributed by atoms with Gasteiger partial charge in [0.2, 0.25) is 0 Å². The minimum atomic E-state index is -0.0756. The topological polar surface area (TPSA) is 65.7 Å². The fourth-order valence-electron chi connectivity index (χ4n) is 4.52. The van der Waals surface area contributed by atoms with E-state index in [1.54, 1.807) is 24.3 Å². The van der Waals surface area contributed by atoms with Gasteiger partial charge >= 0.3 is 0 Å². The Morgan fingerprint density at radius 2 is 0.938 bits per heavy atom. The summed E-state index contributed by atoms with van der Waals surface area (Å²) in [6.07, 6.45) is 0. The van der Waals surface area contributed by atoms with Crippen LogP contribution in [-0.4, -0.2) is 9.97 Å². The van der Waals surface area contributed by atoms with Crippen LogP contribution in [0.2, 0.25) is 0 Å². The summed E-state index contributed by atoms with van der Waals surface area (Å²) in [7, 11) is 0. The monoisotopic (exact) mass is 420 g/mol. The Morgan fingerprint density at radius 1 is 0.531 bits per heavy atom. The molecule has 0 aliphatic rings. The molecule has 3 aromatic carbocycles. The molecule has 0 aliphatic carbocycles. The largest absolute Gasteiger partial charge is 0.354 e. The van der Waals surface area contributed by atoms with Gasteiger partial charge in [-0.2, -0.15) is 0 Å². The number of aryl methyl sites for hydroxylation is 4. The SMILES string of the molecule is Cc1ccc(-c2cc(=O)c3cc4[nH]c(-c5ccc(C)cc5C)cc(=O)c4cc3[nH]2)c(C)c1. The Morgan fingerprint density at radius 3 is 1.31 bits per heavy atom. The Kier molecular flexibility index (Phi) is 4.59. The van der Waals surface area contributed by atoms with Gasteiger partial charge in [0.25, 0.3) is 0 Å². The molecule has 0 fully saturated rings. The zero-order chi connectivity index (χ0) is 22.6. The molecule has 158 valence electrons. The van der Waals surface area contributed by atoms with E-state index in [9.17, 15) is 9.59 Å². The number of hydrogen-bond acceptors (Lipinski definition) is 2. The van der Waals surface area contributed by atoms with Crippen molar-refractivity contribution < 1.29 is 0 Å². The van der Waals surface area contributed by atoms with Crippen LogP contribution in [0.15, 0.2) is 70.3 Å². The third-order valence-corrected chi connectivity index (χ3v) is 6.12. The molecule has 4 heteroatoms. The van der Waals surface area contributed by atoms with E-state index in [4.69, 9.17) is 0 Å². The molecule has 2 N–H and O–H groups in total. The van der Waals surface area contributed by atoms with Crippen molar-refractivity contribution in [1.29, 1.82) is 0 Å². The van der Waals surface area contributed by atoms with Crippen molar-refractivity contribution in [2.75, 3.05) is 0 Å². The van der Waals surface area contributed by atoms with Gasteiger partial charge in [0.1, 0.15) is 0 Å². The molecule has 0 aliphatic heterocycles. The zero-order valence-corrected chi connectivity index (χ0v) is 18.6. The van der Waals surface area contributed by atoms with E-state index in [0.717, 1.165) is 33.6 Å². The van der Waals surface area contributed by atoms with Crippen molar-refractivity contribution >= 4 is 21.8 Å². The predicted octanol–water partition coefficient (Wildman–Crippen LogP) is 5.94. The number of nitrogens with one attached hydrogen (secondary N) is 2. The van der Waals surface area contributed by atoms with Crippen molar-refractivity contribution in [3.63, 3.8) is 0 Å². The van der Waals surface area contributed by atoms with Gasteiger partial charge in [-0.1, -0.05) is 47.5 Å². The second-order valence-electron chi connectivity index (χ2n) is 8.67. The van der Waals surface area contributed by atoms with E-state index in [1.807, 2.05) is 52.0 Å². The molecule has 0 bridgehead atoms. The Balaban J connectivity index is 1.73. The number of hydrogen-bond donors (Lipinski definition) is 2. The molecule has 0 atom stereocenters. The smallest absolute Gasteiger partial charge is 0.190 e. The number of fused-ring (bicyclic) bond motifs is 2. The summed E-state index contributed by atoms with van der Waals surface area (Å²) in [5, 5.41) is 1.11. The summed E-state index contributed by atoms with van der Waals surface area (Å²) in [4.78, 5) is 32.8. The van der Waals surface area contributed by atoms with E-state index in [2.05, 4.69) is 22.1 Å². The first-order valence-electron chi connectivity index (χ1n) is 10.7. The standard InChI is InChI=1S/C28H24N2O2/c1-15-5-7-19(17(3)9-15)25-13-27(31)21-12-24-22(11-23(21)29-25)28(32)14-26(30-24)20-8-6-16(2)10-18(20)4/h5-14H,1-4H3,(H,29,31)(H,30,32). The highest BCUT2D eigenvalue weighted by Crippen LogP contribution is 2.27. The second kappa shape index (κ2) is 7.34. The molecule has 0 radical (unpaired) electrons. The minimum absolute atomic E-state index is 0.0756. The average molecular weight is 421 g/mol. The van der Waals surface area contributed by atoms with Crippen LogP contribution in [0.5, 0.6) is 0 Å². The number of benzene rings is 3. The molecular formula is C28H24N2O2. The van der Waals surface area contributed by atoms with Gasteiger partial charge in [0.15, 0.2) is 10.9 Å². The molecule has 0 amide bonds. The van der Waals surface area contributed by atoms with Gasteiger partial charge in [-0.05, 0) is 51.0 Å². The highest BCUT2D eigenvalue weighted by Gasteiger charge is 2.12. The van der Waals surface area contributed by atoms with Crippen molar-refractivity contribution in [3.05, 3.63) is 103 Å². The van der Waals surface area contributed by atoms with Crippen molar-refractivity contribution in [3.8, 4) is 22.5 Å². The number of pyridine rings is 2. The number of aromatic amines is 2. The number of rotatable bonds is 2. The van der Waals surface area contributed by atoms with E-state index in [0.29, 0.717) is 21.8 Å². The van der Waals surface area contributed by atoms with Crippen LogP contribution in [0.1, 0.15) is 22.3 Å². The predicted molar refractivity (Wildman–Crippen MR) is 133 cm³/mol. The fourth-order valence-corrected chi connectivity index (χ4v) is 4.52. The maximum atomic E-state index is 13.0. The number of H-pyrrole nitrogens is 2. The van der Waals surface area contributed by atoms with E-state index < -0.39 is 0 Å². The lowest BCUT2D eigenvalue weighted by atomic mass is 10.0. The quantitative estimate of drug-likeness (QED) is 0.347. The summed E-state index contributed by atoms with van der Waals surface area (Å²) in [5.74, 6) is 0. The fraction of sp³-hybridized carbons (Fsp3) is 0.143. The van der Waals surface area contributed by atoms with Crippen molar-refractivity contribution in [2.24, 2.45) is 0 Å². The molecule has 2 aromatic heterocycles. The summed E-state index contributed by atoms with van der Waals surface area (Å²) < 4.78 is 0. The third kappa shape index (κ3) is 3.34. The van der Waals surface area contributed by atoms with Crippen molar-refractivity contribution in [1.82, 2.24) is 9.97 Å². The van der Waals surface area contributed by atoms with E-state index in [1.165, 1.54) is 11.1 Å². The molecule has 0 spiro atoms. The Labute approximate surface area is 185 Å². The lowest BCUT2D eigenvalue weighted by Crippen LogP contribution is -2.07. The summed E-state index contributed by atoms with van der Waals surface area (Å²) in [6, 6.07) is 19.1. The molecule has 4 nitrogen and oxygen atoms in total. The van der Waals surface area contributed by atoms with Crippen LogP contribution in [0.4, 0.5) is 0 Å². The van der Waals surface area contributed by atoms with Gasteiger partial charge in [-0.3, -0.25) is 9.59 Å². The highest BCUT2D eigenvalue weighted by molar-refractivity contribution is 5.96. The Bertz CT molecular complexity index is 1530. The summed E-state index contributed by atoms with van der Waals surface area (Å²) in [5.41, 5.74) is 9.16. The second-order valence-corrected chi connectivity index (χ2v) is 8.67. The molecule has 5 rings (SSSR count). The number of aromatic nitrogens is 2. The van der Waals surface area contributed by atoms with Crippen LogP contribution < -0.4 is 10.9 Å². The van der Waals surface area contributed by atoms with Crippen LogP contribution >= 0.6 is 0 Å². The van der Waals surface area contributed by atoms with Gasteiger partial charge in [-0.15, -0.1) is 0 Å². The first kappa shape index (κ1) is 20.0. The van der Waals surface area contributed by atoms with Crippen molar-refractivity contribution in [2.45, 2.75) is 27.7 Å². The van der Waals surface area contributed by atoms with Gasteiger partial charge < -0.3 is 9.97 Å². The summed E-state index contributed by atoms with van der Waals surface area (Å²) >= 11 is 0. The van der Waals surface area contributed by atoms with Crippen LogP contribution in [-0.2, 0) is 0 Å². The van der Waals surface area contributed by atoms with Gasteiger partial charge in [0.05, 0.1) is 11.0 Å². The maximum Gasteiger partial charge on any atom is 0.190 e. The lowest BCUT2D eigenvalue weighted by molar-refractivity contribution is 1.31. The molecule has 0 saturated carbocycles. The maximum absolute atomic E-state index is 13.0. The first-order chi connectivity index (χ1) is 15.3. The molecule has 0 saturated heterocycles. The highest BCUT2D eigenvalue weighted by atomic mass is 16.1. The normalized spacial score (nSPS) is 11.4.